The second-order valence-electron chi connectivity index (χ2n) is 7.17. The van der Waals surface area contributed by atoms with Crippen molar-refractivity contribution in [3.05, 3.63) is 69.2 Å². The third-order valence-electron chi connectivity index (χ3n) is 4.95. The summed E-state index contributed by atoms with van der Waals surface area (Å²) in [4.78, 5) is 14.9. The molecule has 0 spiro atoms. The molecule has 8 heteroatoms. The number of furan rings is 1. The monoisotopic (exact) mass is 476 g/mol. The lowest BCUT2D eigenvalue weighted by Gasteiger charge is -2.25. The molecule has 152 valence electrons. The Morgan fingerprint density at radius 3 is 2.72 bits per heavy atom. The molecular weight excluding hydrogens is 456 g/mol. The zero-order valence-corrected chi connectivity index (χ0v) is 18.2. The van der Waals surface area contributed by atoms with Crippen LogP contribution < -0.4 is 5.32 Å². The van der Waals surface area contributed by atoms with Crippen LogP contribution >= 0.6 is 27.5 Å². The number of nitrogens with one attached hydrogen (secondary N) is 1. The Morgan fingerprint density at radius 2 is 1.93 bits per heavy atom. The highest BCUT2D eigenvalue weighted by molar-refractivity contribution is 9.10. The van der Waals surface area contributed by atoms with E-state index in [-0.39, 0.29) is 11.7 Å². The zero-order chi connectivity index (χ0) is 20.2. The van der Waals surface area contributed by atoms with E-state index in [0.717, 1.165) is 31.0 Å². The highest BCUT2D eigenvalue weighted by Gasteiger charge is 2.17. The Labute approximate surface area is 183 Å². The standard InChI is InChI=1S/C21H22BrClN4O2/c22-17-14-27(12-15-6-2-3-7-18(15)23)25-20(17)24-21(28)19-9-8-16(29-19)13-26-10-4-1-5-11-26/h2-3,6-9,14H,1,4-5,10-13H2,(H,24,25,28). The topological polar surface area (TPSA) is 63.3 Å². The highest BCUT2D eigenvalue weighted by Crippen LogP contribution is 2.23. The van der Waals surface area contributed by atoms with Gasteiger partial charge in [-0.15, -0.1) is 0 Å². The molecule has 1 fully saturated rings. The largest absolute Gasteiger partial charge is 0.455 e. The molecule has 2 aromatic heterocycles. The van der Waals surface area contributed by atoms with Crippen molar-refractivity contribution in [2.24, 2.45) is 0 Å². The Bertz CT molecular complexity index is 994. The lowest BCUT2D eigenvalue weighted by atomic mass is 10.1. The molecule has 1 aliphatic rings. The molecule has 0 aliphatic carbocycles. The number of aromatic nitrogens is 2. The molecular formula is C21H22BrClN4O2. The number of benzene rings is 1. The van der Waals surface area contributed by atoms with Gasteiger partial charge in [0.15, 0.2) is 11.6 Å². The quantitative estimate of drug-likeness (QED) is 0.531. The minimum atomic E-state index is -0.321. The van der Waals surface area contributed by atoms with E-state index in [1.165, 1.54) is 19.3 Å². The maximum atomic E-state index is 12.6. The normalized spacial score (nSPS) is 14.8. The van der Waals surface area contributed by atoms with E-state index >= 15 is 0 Å². The molecule has 1 saturated heterocycles. The first kappa shape index (κ1) is 20.2. The molecule has 1 aliphatic heterocycles. The van der Waals surface area contributed by atoms with E-state index in [0.29, 0.717) is 21.9 Å². The van der Waals surface area contributed by atoms with Gasteiger partial charge in [-0.25, -0.2) is 0 Å². The van der Waals surface area contributed by atoms with E-state index < -0.39 is 0 Å². The van der Waals surface area contributed by atoms with Crippen molar-refractivity contribution in [3.63, 3.8) is 0 Å². The molecule has 0 bridgehead atoms. The summed E-state index contributed by atoms with van der Waals surface area (Å²) in [5.41, 5.74) is 0.954. The van der Waals surface area contributed by atoms with Gasteiger partial charge in [0.25, 0.3) is 5.91 Å². The van der Waals surface area contributed by atoms with Crippen LogP contribution in [0.25, 0.3) is 0 Å². The number of hydrogen-bond donors (Lipinski definition) is 1. The molecule has 0 unspecified atom stereocenters. The van der Waals surface area contributed by atoms with Crippen LogP contribution in [-0.4, -0.2) is 33.7 Å². The number of carbonyl (C=O) groups excluding carboxylic acids is 1. The van der Waals surface area contributed by atoms with Crippen LogP contribution in [0.5, 0.6) is 0 Å². The van der Waals surface area contributed by atoms with Crippen LogP contribution in [-0.2, 0) is 13.1 Å². The Balaban J connectivity index is 1.39. The fourth-order valence-electron chi connectivity index (χ4n) is 3.46. The summed E-state index contributed by atoms with van der Waals surface area (Å²) >= 11 is 9.67. The van der Waals surface area contributed by atoms with E-state index in [1.807, 2.05) is 36.5 Å². The van der Waals surface area contributed by atoms with Gasteiger partial charge in [-0.3, -0.25) is 14.4 Å². The molecule has 6 nitrogen and oxygen atoms in total. The molecule has 4 rings (SSSR count). The summed E-state index contributed by atoms with van der Waals surface area (Å²) in [6.45, 7) is 3.41. The van der Waals surface area contributed by atoms with Gasteiger partial charge in [0.2, 0.25) is 0 Å². The second kappa shape index (κ2) is 9.15. The average molecular weight is 478 g/mol. The van der Waals surface area contributed by atoms with Crippen LogP contribution in [0.15, 0.2) is 51.5 Å². The summed E-state index contributed by atoms with van der Waals surface area (Å²) < 4.78 is 8.18. The molecule has 3 heterocycles. The molecule has 1 aromatic carbocycles. The Morgan fingerprint density at radius 1 is 1.14 bits per heavy atom. The molecule has 1 amide bonds. The summed E-state index contributed by atoms with van der Waals surface area (Å²) in [6.07, 6.45) is 5.54. The van der Waals surface area contributed by atoms with Crippen LogP contribution in [0, 0.1) is 0 Å². The number of rotatable bonds is 6. The van der Waals surface area contributed by atoms with Gasteiger partial charge in [0.1, 0.15) is 5.76 Å². The number of likely N-dealkylation sites (tertiary alicyclic amines) is 1. The number of piperidine rings is 1. The van der Waals surface area contributed by atoms with E-state index in [2.05, 4.69) is 31.2 Å². The number of amides is 1. The number of halogens is 2. The maximum Gasteiger partial charge on any atom is 0.292 e. The van der Waals surface area contributed by atoms with Crippen molar-refractivity contribution in [2.45, 2.75) is 32.4 Å². The lowest BCUT2D eigenvalue weighted by Crippen LogP contribution is -2.28. The van der Waals surface area contributed by atoms with Crippen LogP contribution in [0.3, 0.4) is 0 Å². The first-order valence-corrected chi connectivity index (χ1v) is 10.8. The van der Waals surface area contributed by atoms with Gasteiger partial charge in [0, 0.05) is 11.2 Å². The second-order valence-corrected chi connectivity index (χ2v) is 8.43. The number of carbonyl (C=O) groups is 1. The molecule has 29 heavy (non-hydrogen) atoms. The van der Waals surface area contributed by atoms with E-state index in [4.69, 9.17) is 16.0 Å². The van der Waals surface area contributed by atoms with Crippen molar-refractivity contribution in [1.29, 1.82) is 0 Å². The fourth-order valence-corrected chi connectivity index (χ4v) is 4.07. The number of hydrogen-bond acceptors (Lipinski definition) is 4. The van der Waals surface area contributed by atoms with Crippen LogP contribution in [0.1, 0.15) is 41.1 Å². The smallest absolute Gasteiger partial charge is 0.292 e. The van der Waals surface area contributed by atoms with Gasteiger partial charge in [-0.2, -0.15) is 5.10 Å². The molecule has 0 saturated carbocycles. The number of anilines is 1. The van der Waals surface area contributed by atoms with Crippen molar-refractivity contribution in [1.82, 2.24) is 14.7 Å². The predicted octanol–water partition coefficient (Wildman–Crippen LogP) is 5.18. The third-order valence-corrected chi connectivity index (χ3v) is 5.90. The molecule has 0 atom stereocenters. The third kappa shape index (κ3) is 5.10. The SMILES string of the molecule is O=C(Nc1nn(Cc2ccccc2Cl)cc1Br)c1ccc(CN2CCCCC2)o1. The van der Waals surface area contributed by atoms with Gasteiger partial charge in [0.05, 0.1) is 17.6 Å². The first-order valence-electron chi connectivity index (χ1n) is 9.67. The molecule has 1 N–H and O–H groups in total. The van der Waals surface area contributed by atoms with Gasteiger partial charge in [-0.1, -0.05) is 36.2 Å². The lowest BCUT2D eigenvalue weighted by molar-refractivity contribution is 0.0991. The van der Waals surface area contributed by atoms with E-state index in [9.17, 15) is 4.79 Å². The summed E-state index contributed by atoms with van der Waals surface area (Å²) in [7, 11) is 0. The minimum absolute atomic E-state index is 0.282. The molecule has 0 radical (unpaired) electrons. The summed E-state index contributed by atoms with van der Waals surface area (Å²) in [5.74, 6) is 1.21. The van der Waals surface area contributed by atoms with Crippen molar-refractivity contribution in [2.75, 3.05) is 18.4 Å². The van der Waals surface area contributed by atoms with E-state index in [1.54, 1.807) is 10.7 Å². The van der Waals surface area contributed by atoms with Crippen molar-refractivity contribution < 1.29 is 9.21 Å². The maximum absolute atomic E-state index is 12.6. The Hall–Kier alpha value is -2.09. The van der Waals surface area contributed by atoms with Crippen molar-refractivity contribution in [3.8, 4) is 0 Å². The minimum Gasteiger partial charge on any atom is -0.455 e. The van der Waals surface area contributed by atoms with Gasteiger partial charge >= 0.3 is 0 Å². The zero-order valence-electron chi connectivity index (χ0n) is 15.9. The van der Waals surface area contributed by atoms with Crippen LogP contribution in [0.2, 0.25) is 5.02 Å². The highest BCUT2D eigenvalue weighted by atomic mass is 79.9. The average Bonchev–Trinajstić information content (AvgIpc) is 3.31. The van der Waals surface area contributed by atoms with Crippen LogP contribution in [0.4, 0.5) is 5.82 Å². The number of nitrogens with zero attached hydrogens (tertiary/aromatic N) is 3. The predicted molar refractivity (Wildman–Crippen MR) is 116 cm³/mol. The van der Waals surface area contributed by atoms with Crippen molar-refractivity contribution >= 4 is 39.3 Å². The fraction of sp³-hybridized carbons (Fsp3) is 0.333. The first-order chi connectivity index (χ1) is 14.1. The van der Waals surface area contributed by atoms with Gasteiger partial charge < -0.3 is 9.73 Å². The summed E-state index contributed by atoms with van der Waals surface area (Å²) in [5, 5.41) is 7.93. The van der Waals surface area contributed by atoms with Gasteiger partial charge in [-0.05, 0) is 65.6 Å². The summed E-state index contributed by atoms with van der Waals surface area (Å²) in [6, 6.07) is 11.2. The Kier molecular flexibility index (Phi) is 6.37. The molecule has 3 aromatic rings.